The summed E-state index contributed by atoms with van der Waals surface area (Å²) in [7, 11) is -0.921. The van der Waals surface area contributed by atoms with Gasteiger partial charge in [0.05, 0.1) is 20.4 Å². The summed E-state index contributed by atoms with van der Waals surface area (Å²) in [5, 5.41) is 10.7. The molecule has 0 unspecified atom stereocenters. The predicted molar refractivity (Wildman–Crippen MR) is 54.7 cm³/mol. The normalized spacial score (nSPS) is 9.92. The molecule has 0 aliphatic heterocycles. The minimum atomic E-state index is -0.921. The van der Waals surface area contributed by atoms with Gasteiger partial charge in [0, 0.05) is 5.02 Å². The third-order valence-electron chi connectivity index (χ3n) is 1.76. The molecule has 1 nitrogen and oxygen atoms in total. The molecule has 0 fully saturated rings. The topological polar surface area (TPSA) is 23.8 Å². The Hall–Kier alpha value is -0.783. The Bertz CT molecular complexity index is 328. The molecule has 0 aromatic heterocycles. The molecule has 3 heteroatoms. The van der Waals surface area contributed by atoms with E-state index < -0.39 is 8.80 Å². The number of hydrogen-bond acceptors (Lipinski definition) is 1. The smallest absolute Gasteiger partial charge is 0.0990 e. The van der Waals surface area contributed by atoms with Gasteiger partial charge in [-0.3, -0.25) is 0 Å². The average Bonchev–Trinajstić information content (AvgIpc) is 2.04. The second-order valence-corrected chi connectivity index (χ2v) is 6.37. The Morgan fingerprint density at radius 1 is 1.42 bits per heavy atom. The van der Waals surface area contributed by atoms with E-state index >= 15 is 0 Å². The van der Waals surface area contributed by atoms with Gasteiger partial charge in [0.25, 0.3) is 0 Å². The van der Waals surface area contributed by atoms with Gasteiger partial charge in [-0.1, -0.05) is 24.7 Å². The zero-order valence-corrected chi connectivity index (χ0v) is 9.05. The summed E-state index contributed by atoms with van der Waals surface area (Å²) in [6, 6.07) is 7.65. The lowest BCUT2D eigenvalue weighted by Gasteiger charge is -2.05. The summed E-state index contributed by atoms with van der Waals surface area (Å²) in [6.45, 7) is 4.37. The third-order valence-corrected chi connectivity index (χ3v) is 3.71. The molecular formula is C9H10ClNSi. The standard InChI is InChI=1S/C9H10ClNSi/c1-12(2)9-5-8(10)4-3-7(9)6-11/h3-5,12H,1-2H3. The van der Waals surface area contributed by atoms with E-state index in [1.54, 1.807) is 12.1 Å². The van der Waals surface area contributed by atoms with Crippen LogP contribution < -0.4 is 5.19 Å². The fraction of sp³-hybridized carbons (Fsp3) is 0.222. The van der Waals surface area contributed by atoms with Crippen molar-refractivity contribution in [3.8, 4) is 6.07 Å². The van der Waals surface area contributed by atoms with Crippen molar-refractivity contribution in [3.63, 3.8) is 0 Å². The van der Waals surface area contributed by atoms with Crippen LogP contribution in [0.3, 0.4) is 0 Å². The van der Waals surface area contributed by atoms with Gasteiger partial charge < -0.3 is 0 Å². The molecule has 0 saturated carbocycles. The van der Waals surface area contributed by atoms with Crippen LogP contribution in [0.4, 0.5) is 0 Å². The van der Waals surface area contributed by atoms with Crippen molar-refractivity contribution < 1.29 is 0 Å². The van der Waals surface area contributed by atoms with Gasteiger partial charge in [-0.2, -0.15) is 5.26 Å². The van der Waals surface area contributed by atoms with E-state index in [4.69, 9.17) is 16.9 Å². The Kier molecular flexibility index (Phi) is 2.91. The third kappa shape index (κ3) is 1.88. The monoisotopic (exact) mass is 195 g/mol. The van der Waals surface area contributed by atoms with Crippen LogP contribution >= 0.6 is 11.6 Å². The quantitative estimate of drug-likeness (QED) is 0.629. The molecule has 0 bridgehead atoms. The minimum absolute atomic E-state index is 0.727. The Morgan fingerprint density at radius 3 is 2.58 bits per heavy atom. The van der Waals surface area contributed by atoms with Crippen LogP contribution in [0.5, 0.6) is 0 Å². The van der Waals surface area contributed by atoms with Crippen LogP contribution in [0, 0.1) is 11.3 Å². The highest BCUT2D eigenvalue weighted by Gasteiger charge is 2.06. The molecule has 1 rings (SSSR count). The van der Waals surface area contributed by atoms with Crippen molar-refractivity contribution in [1.82, 2.24) is 0 Å². The van der Waals surface area contributed by atoms with Crippen molar-refractivity contribution in [2.45, 2.75) is 13.1 Å². The lowest BCUT2D eigenvalue weighted by Crippen LogP contribution is -2.25. The van der Waals surface area contributed by atoms with E-state index in [2.05, 4.69) is 19.2 Å². The summed E-state index contributed by atoms with van der Waals surface area (Å²) in [5.41, 5.74) is 0.779. The maximum absolute atomic E-state index is 8.79. The maximum Gasteiger partial charge on any atom is 0.0990 e. The van der Waals surface area contributed by atoms with Gasteiger partial charge >= 0.3 is 0 Å². The van der Waals surface area contributed by atoms with Gasteiger partial charge in [-0.05, 0) is 23.4 Å². The highest BCUT2D eigenvalue weighted by atomic mass is 35.5. The van der Waals surface area contributed by atoms with Crippen LogP contribution in [-0.2, 0) is 0 Å². The first-order valence-electron chi connectivity index (χ1n) is 3.84. The fourth-order valence-electron chi connectivity index (χ4n) is 1.11. The molecule has 0 N–H and O–H groups in total. The first-order chi connectivity index (χ1) is 5.65. The average molecular weight is 196 g/mol. The van der Waals surface area contributed by atoms with E-state index in [1.165, 1.54) is 0 Å². The number of nitriles is 1. The lowest BCUT2D eigenvalue weighted by molar-refractivity contribution is 1.50. The zero-order valence-electron chi connectivity index (χ0n) is 7.13. The van der Waals surface area contributed by atoms with Crippen LogP contribution in [0.2, 0.25) is 18.1 Å². The molecule has 0 atom stereocenters. The molecule has 0 saturated heterocycles. The molecular weight excluding hydrogens is 186 g/mol. The Morgan fingerprint density at radius 2 is 2.08 bits per heavy atom. The summed E-state index contributed by atoms with van der Waals surface area (Å²) < 4.78 is 0. The van der Waals surface area contributed by atoms with Crippen LogP contribution in [0.25, 0.3) is 0 Å². The summed E-state index contributed by atoms with van der Waals surface area (Å²) in [6.07, 6.45) is 0. The Labute approximate surface area is 79.2 Å². The first kappa shape index (κ1) is 9.31. The van der Waals surface area contributed by atoms with E-state index in [1.807, 2.05) is 6.07 Å². The van der Waals surface area contributed by atoms with E-state index in [0.717, 1.165) is 15.8 Å². The first-order valence-corrected chi connectivity index (χ1v) is 7.11. The maximum atomic E-state index is 8.79. The van der Waals surface area contributed by atoms with Crippen molar-refractivity contribution in [3.05, 3.63) is 28.8 Å². The summed E-state index contributed by atoms with van der Waals surface area (Å²) in [4.78, 5) is 0. The van der Waals surface area contributed by atoms with Crippen molar-refractivity contribution in [2.24, 2.45) is 0 Å². The molecule has 0 spiro atoms. The van der Waals surface area contributed by atoms with Gasteiger partial charge in [-0.15, -0.1) is 0 Å². The predicted octanol–water partition coefficient (Wildman–Crippen LogP) is 1.91. The van der Waals surface area contributed by atoms with Crippen LogP contribution in [0.1, 0.15) is 5.56 Å². The highest BCUT2D eigenvalue weighted by Crippen LogP contribution is 2.08. The number of halogens is 1. The molecule has 0 amide bonds. The van der Waals surface area contributed by atoms with Gasteiger partial charge in [0.15, 0.2) is 0 Å². The lowest BCUT2D eigenvalue weighted by atomic mass is 10.2. The van der Waals surface area contributed by atoms with Crippen molar-refractivity contribution in [2.75, 3.05) is 0 Å². The SMILES string of the molecule is C[SiH](C)c1cc(Cl)ccc1C#N. The van der Waals surface area contributed by atoms with Gasteiger partial charge in [0.1, 0.15) is 0 Å². The van der Waals surface area contributed by atoms with Crippen LogP contribution in [-0.4, -0.2) is 8.80 Å². The van der Waals surface area contributed by atoms with Crippen molar-refractivity contribution in [1.29, 1.82) is 5.26 Å². The molecule has 0 radical (unpaired) electrons. The summed E-state index contributed by atoms with van der Waals surface area (Å²) >= 11 is 5.83. The largest absolute Gasteiger partial charge is 0.192 e. The van der Waals surface area contributed by atoms with Crippen molar-refractivity contribution >= 4 is 25.6 Å². The minimum Gasteiger partial charge on any atom is -0.192 e. The second-order valence-electron chi connectivity index (χ2n) is 3.00. The number of nitrogens with zero attached hydrogens (tertiary/aromatic N) is 1. The molecule has 1 aromatic rings. The number of benzene rings is 1. The summed E-state index contributed by atoms with van der Waals surface area (Å²) in [5.74, 6) is 0. The second kappa shape index (κ2) is 3.75. The van der Waals surface area contributed by atoms with Crippen LogP contribution in [0.15, 0.2) is 18.2 Å². The molecule has 0 heterocycles. The Balaban J connectivity index is 3.24. The molecule has 0 aliphatic carbocycles. The fourth-order valence-corrected chi connectivity index (χ4v) is 2.69. The van der Waals surface area contributed by atoms with Gasteiger partial charge in [-0.25, -0.2) is 0 Å². The number of hydrogen-bond donors (Lipinski definition) is 0. The molecule has 1 aromatic carbocycles. The van der Waals surface area contributed by atoms with Gasteiger partial charge in [0.2, 0.25) is 0 Å². The van der Waals surface area contributed by atoms with E-state index in [9.17, 15) is 0 Å². The van der Waals surface area contributed by atoms with E-state index in [0.29, 0.717) is 0 Å². The highest BCUT2D eigenvalue weighted by molar-refractivity contribution is 6.71. The molecule has 12 heavy (non-hydrogen) atoms. The number of rotatable bonds is 1. The zero-order chi connectivity index (χ0) is 9.14. The molecule has 62 valence electrons. The molecule has 0 aliphatic rings. The van der Waals surface area contributed by atoms with E-state index in [-0.39, 0.29) is 0 Å².